The number of nitrogens with zero attached hydrogens (tertiary/aromatic N) is 2. The molecule has 2 rings (SSSR count). The van der Waals surface area contributed by atoms with E-state index < -0.39 is 0 Å². The van der Waals surface area contributed by atoms with Crippen LogP contribution in [0.25, 0.3) is 0 Å². The quantitative estimate of drug-likeness (QED) is 0.922. The fraction of sp³-hybridized carbons (Fsp3) is 0.400. The molecule has 2 aromatic rings. The maximum atomic E-state index is 6.17. The lowest BCUT2D eigenvalue weighted by Gasteiger charge is -2.08. The number of halogens is 1. The summed E-state index contributed by atoms with van der Waals surface area (Å²) in [4.78, 5) is 0. The summed E-state index contributed by atoms with van der Waals surface area (Å²) in [6.07, 6.45) is 0.869. The van der Waals surface area contributed by atoms with Crippen molar-refractivity contribution in [2.24, 2.45) is 12.8 Å². The van der Waals surface area contributed by atoms with Gasteiger partial charge in [0.2, 0.25) is 0 Å². The lowest BCUT2D eigenvalue weighted by molar-refractivity contribution is 0.305. The highest BCUT2D eigenvalue weighted by Gasteiger charge is 2.11. The number of hydrogen-bond donors (Lipinski definition) is 1. The molecule has 108 valence electrons. The summed E-state index contributed by atoms with van der Waals surface area (Å²) in [5, 5.41) is 4.88. The van der Waals surface area contributed by atoms with Gasteiger partial charge in [-0.1, -0.05) is 23.7 Å². The standard InChI is InChI=1S/C15H20ClN3O/c1-10(17)8-12-4-6-13(7-5-12)20-9-14-11(2)18-19(3)15(14)16/h4-7,10H,8-9,17H2,1-3H3. The number of ether oxygens (including phenoxy) is 1. The van der Waals surface area contributed by atoms with Crippen molar-refractivity contribution < 1.29 is 4.74 Å². The Balaban J connectivity index is 2.00. The van der Waals surface area contributed by atoms with E-state index in [4.69, 9.17) is 22.1 Å². The first-order valence-electron chi connectivity index (χ1n) is 6.62. The van der Waals surface area contributed by atoms with Crippen LogP contribution < -0.4 is 10.5 Å². The van der Waals surface area contributed by atoms with Gasteiger partial charge in [-0.15, -0.1) is 0 Å². The van der Waals surface area contributed by atoms with E-state index in [1.54, 1.807) is 4.68 Å². The minimum absolute atomic E-state index is 0.165. The second kappa shape index (κ2) is 6.29. The lowest BCUT2D eigenvalue weighted by atomic mass is 10.1. The van der Waals surface area contributed by atoms with Gasteiger partial charge >= 0.3 is 0 Å². The Morgan fingerprint density at radius 1 is 1.35 bits per heavy atom. The van der Waals surface area contributed by atoms with Crippen molar-refractivity contribution in [2.45, 2.75) is 32.9 Å². The zero-order valence-corrected chi connectivity index (χ0v) is 12.8. The van der Waals surface area contributed by atoms with Crippen molar-refractivity contribution in [3.63, 3.8) is 0 Å². The molecule has 0 fully saturated rings. The van der Waals surface area contributed by atoms with Gasteiger partial charge in [0.1, 0.15) is 17.5 Å². The molecule has 0 bridgehead atoms. The second-order valence-corrected chi connectivity index (χ2v) is 5.45. The zero-order chi connectivity index (χ0) is 14.7. The Labute approximate surface area is 124 Å². The summed E-state index contributed by atoms with van der Waals surface area (Å²) < 4.78 is 7.41. The molecule has 0 aliphatic carbocycles. The molecule has 0 saturated carbocycles. The molecule has 0 amide bonds. The fourth-order valence-corrected chi connectivity index (χ4v) is 2.32. The minimum atomic E-state index is 0.165. The van der Waals surface area contributed by atoms with E-state index in [9.17, 15) is 0 Å². The Morgan fingerprint density at radius 3 is 2.50 bits per heavy atom. The Kier molecular flexibility index (Phi) is 4.68. The summed E-state index contributed by atoms with van der Waals surface area (Å²) >= 11 is 6.17. The van der Waals surface area contributed by atoms with Crippen LogP contribution in [0.2, 0.25) is 5.15 Å². The van der Waals surface area contributed by atoms with Gasteiger partial charge in [-0.3, -0.25) is 4.68 Å². The van der Waals surface area contributed by atoms with Gasteiger partial charge in [-0.25, -0.2) is 0 Å². The monoisotopic (exact) mass is 293 g/mol. The summed E-state index contributed by atoms with van der Waals surface area (Å²) in [5.74, 6) is 0.817. The summed E-state index contributed by atoms with van der Waals surface area (Å²) in [6.45, 7) is 4.35. The Morgan fingerprint density at radius 2 is 2.00 bits per heavy atom. The van der Waals surface area contributed by atoms with Crippen LogP contribution in [0.5, 0.6) is 5.75 Å². The minimum Gasteiger partial charge on any atom is -0.489 e. The van der Waals surface area contributed by atoms with E-state index >= 15 is 0 Å². The summed E-state index contributed by atoms with van der Waals surface area (Å²) in [7, 11) is 1.82. The van der Waals surface area contributed by atoms with Crippen molar-refractivity contribution in [3.05, 3.63) is 46.2 Å². The van der Waals surface area contributed by atoms with E-state index in [2.05, 4.69) is 5.10 Å². The third kappa shape index (κ3) is 3.52. The smallest absolute Gasteiger partial charge is 0.133 e. The third-order valence-electron chi connectivity index (χ3n) is 3.13. The van der Waals surface area contributed by atoms with Gasteiger partial charge in [0, 0.05) is 18.7 Å². The van der Waals surface area contributed by atoms with Gasteiger partial charge in [-0.05, 0) is 38.0 Å². The number of aromatic nitrogens is 2. The Bertz CT molecular complexity index is 576. The van der Waals surface area contributed by atoms with Crippen molar-refractivity contribution in [3.8, 4) is 5.75 Å². The number of rotatable bonds is 5. The van der Waals surface area contributed by atoms with Crippen molar-refractivity contribution in [2.75, 3.05) is 0 Å². The molecule has 5 heteroatoms. The van der Waals surface area contributed by atoms with Crippen LogP contribution >= 0.6 is 11.6 Å². The molecule has 1 aromatic carbocycles. The molecule has 0 spiro atoms. The highest BCUT2D eigenvalue weighted by Crippen LogP contribution is 2.21. The predicted octanol–water partition coefficient (Wildman–Crippen LogP) is 2.85. The van der Waals surface area contributed by atoms with Gasteiger partial charge < -0.3 is 10.5 Å². The summed E-state index contributed by atoms with van der Waals surface area (Å²) in [5.41, 5.74) is 8.81. The van der Waals surface area contributed by atoms with Crippen LogP contribution in [0.1, 0.15) is 23.7 Å². The van der Waals surface area contributed by atoms with Gasteiger partial charge in [0.15, 0.2) is 0 Å². The van der Waals surface area contributed by atoms with E-state index in [1.165, 1.54) is 5.56 Å². The van der Waals surface area contributed by atoms with E-state index in [-0.39, 0.29) is 6.04 Å². The molecule has 0 aliphatic heterocycles. The second-order valence-electron chi connectivity index (χ2n) is 5.09. The maximum absolute atomic E-state index is 6.17. The zero-order valence-electron chi connectivity index (χ0n) is 12.1. The molecule has 0 saturated heterocycles. The number of aryl methyl sites for hydroxylation is 2. The lowest BCUT2D eigenvalue weighted by Crippen LogP contribution is -2.17. The fourth-order valence-electron chi connectivity index (χ4n) is 2.09. The van der Waals surface area contributed by atoms with E-state index in [1.807, 2.05) is 45.2 Å². The summed E-state index contributed by atoms with van der Waals surface area (Å²) in [6, 6.07) is 8.15. The highest BCUT2D eigenvalue weighted by molar-refractivity contribution is 6.30. The molecule has 0 radical (unpaired) electrons. The maximum Gasteiger partial charge on any atom is 0.133 e. The van der Waals surface area contributed by atoms with Crippen molar-refractivity contribution in [1.82, 2.24) is 9.78 Å². The van der Waals surface area contributed by atoms with Gasteiger partial charge in [-0.2, -0.15) is 5.10 Å². The van der Waals surface area contributed by atoms with Crippen LogP contribution in [-0.4, -0.2) is 15.8 Å². The van der Waals surface area contributed by atoms with Gasteiger partial charge in [0.25, 0.3) is 0 Å². The van der Waals surface area contributed by atoms with Crippen LogP contribution in [0.3, 0.4) is 0 Å². The van der Waals surface area contributed by atoms with Crippen LogP contribution in [0.15, 0.2) is 24.3 Å². The molecule has 2 N–H and O–H groups in total. The molecular weight excluding hydrogens is 274 g/mol. The number of benzene rings is 1. The van der Waals surface area contributed by atoms with Crippen LogP contribution in [0, 0.1) is 6.92 Å². The molecule has 1 aromatic heterocycles. The number of nitrogens with two attached hydrogens (primary N) is 1. The average molecular weight is 294 g/mol. The average Bonchev–Trinajstić information content (AvgIpc) is 2.62. The van der Waals surface area contributed by atoms with Crippen molar-refractivity contribution in [1.29, 1.82) is 0 Å². The topological polar surface area (TPSA) is 53.1 Å². The van der Waals surface area contributed by atoms with E-state index in [0.717, 1.165) is 23.4 Å². The predicted molar refractivity (Wildman–Crippen MR) is 81.1 cm³/mol. The van der Waals surface area contributed by atoms with E-state index in [0.29, 0.717) is 11.8 Å². The SMILES string of the molecule is Cc1nn(C)c(Cl)c1COc1ccc(CC(C)N)cc1. The third-order valence-corrected chi connectivity index (χ3v) is 3.61. The molecule has 1 atom stereocenters. The van der Waals surface area contributed by atoms with Gasteiger partial charge in [0.05, 0.1) is 5.69 Å². The largest absolute Gasteiger partial charge is 0.489 e. The first-order chi connectivity index (χ1) is 9.47. The first-order valence-corrected chi connectivity index (χ1v) is 7.00. The van der Waals surface area contributed by atoms with Crippen LogP contribution in [-0.2, 0) is 20.1 Å². The van der Waals surface area contributed by atoms with Crippen molar-refractivity contribution >= 4 is 11.6 Å². The highest BCUT2D eigenvalue weighted by atomic mass is 35.5. The van der Waals surface area contributed by atoms with Crippen LogP contribution in [0.4, 0.5) is 0 Å². The normalized spacial score (nSPS) is 12.4. The molecular formula is C15H20ClN3O. The molecule has 20 heavy (non-hydrogen) atoms. The Hall–Kier alpha value is -1.52. The molecule has 0 aliphatic rings. The number of hydrogen-bond acceptors (Lipinski definition) is 3. The molecule has 4 nitrogen and oxygen atoms in total. The molecule has 1 heterocycles. The molecule has 1 unspecified atom stereocenters. The first kappa shape index (κ1) is 14.9.